The summed E-state index contributed by atoms with van der Waals surface area (Å²) >= 11 is 1.16. The highest BCUT2D eigenvalue weighted by Crippen LogP contribution is 2.21. The Morgan fingerprint density at radius 3 is 2.17 bits per heavy atom. The fraction of sp³-hybridized carbons (Fsp3) is 0.235. The van der Waals surface area contributed by atoms with Crippen LogP contribution in [0.25, 0.3) is 0 Å². The molecule has 1 aromatic heterocycles. The Morgan fingerprint density at radius 2 is 1.61 bits per heavy atom. The summed E-state index contributed by atoms with van der Waals surface area (Å²) in [5.41, 5.74) is 1.18. The third-order valence-corrected chi connectivity index (χ3v) is 4.68. The Morgan fingerprint density at radius 1 is 0.957 bits per heavy atom. The summed E-state index contributed by atoms with van der Waals surface area (Å²) in [4.78, 5) is 36.3. The van der Waals surface area contributed by atoms with E-state index in [1.54, 1.807) is 36.4 Å². The molecule has 3 rings (SSSR count). The van der Waals surface area contributed by atoms with E-state index in [1.165, 1.54) is 6.92 Å². The number of hydrogen-bond donors (Lipinski definition) is 2. The number of carbonyl (C=O) groups excluding carboxylic acids is 3. The van der Waals surface area contributed by atoms with Crippen molar-refractivity contribution in [2.75, 3.05) is 5.32 Å². The van der Waals surface area contributed by atoms with Crippen LogP contribution in [-0.4, -0.2) is 23.6 Å². The highest BCUT2D eigenvalue weighted by atomic mass is 32.1. The second-order valence-electron chi connectivity index (χ2n) is 5.50. The van der Waals surface area contributed by atoms with Gasteiger partial charge in [0.05, 0.1) is 9.75 Å². The minimum atomic E-state index is -0.266. The third kappa shape index (κ3) is 3.84. The van der Waals surface area contributed by atoms with Gasteiger partial charge in [0.1, 0.15) is 0 Å². The summed E-state index contributed by atoms with van der Waals surface area (Å²) < 4.78 is 0. The SMILES string of the molecule is CC(=O)c1ccc(C(=O)Nc2ccc(C(=O)NC3CC3)cc2)s1. The summed E-state index contributed by atoms with van der Waals surface area (Å²) in [7, 11) is 0. The zero-order valence-corrected chi connectivity index (χ0v) is 13.4. The van der Waals surface area contributed by atoms with Crippen molar-refractivity contribution in [2.45, 2.75) is 25.8 Å². The molecule has 1 fully saturated rings. The minimum Gasteiger partial charge on any atom is -0.349 e. The topological polar surface area (TPSA) is 75.3 Å². The molecule has 1 saturated carbocycles. The lowest BCUT2D eigenvalue weighted by molar-refractivity contribution is 0.0949. The van der Waals surface area contributed by atoms with Crippen molar-refractivity contribution in [2.24, 2.45) is 0 Å². The Bertz CT molecular complexity index is 760. The zero-order chi connectivity index (χ0) is 16.4. The molecule has 2 N–H and O–H groups in total. The first-order valence-electron chi connectivity index (χ1n) is 7.36. The number of anilines is 1. The molecule has 5 nitrogen and oxygen atoms in total. The molecule has 0 spiro atoms. The van der Waals surface area contributed by atoms with Crippen LogP contribution in [0.2, 0.25) is 0 Å². The van der Waals surface area contributed by atoms with Gasteiger partial charge in [-0.05, 0) is 56.2 Å². The van der Waals surface area contributed by atoms with E-state index >= 15 is 0 Å². The fourth-order valence-electron chi connectivity index (χ4n) is 2.04. The van der Waals surface area contributed by atoms with Crippen LogP contribution in [0.3, 0.4) is 0 Å². The van der Waals surface area contributed by atoms with Gasteiger partial charge in [-0.3, -0.25) is 14.4 Å². The average Bonchev–Trinajstić information content (AvgIpc) is 3.19. The molecule has 2 amide bonds. The minimum absolute atomic E-state index is 0.0555. The molecule has 0 bridgehead atoms. The summed E-state index contributed by atoms with van der Waals surface area (Å²) in [5, 5.41) is 5.67. The van der Waals surface area contributed by atoms with E-state index in [4.69, 9.17) is 0 Å². The van der Waals surface area contributed by atoms with E-state index in [-0.39, 0.29) is 17.6 Å². The quantitative estimate of drug-likeness (QED) is 0.828. The number of benzene rings is 1. The predicted octanol–water partition coefficient (Wildman–Crippen LogP) is 3.10. The number of Topliss-reactive ketones (excluding diaryl/α,β-unsaturated/α-hetero) is 1. The highest BCUT2D eigenvalue weighted by Gasteiger charge is 2.23. The third-order valence-electron chi connectivity index (χ3n) is 3.49. The van der Waals surface area contributed by atoms with Crippen LogP contribution in [0.4, 0.5) is 5.69 Å². The van der Waals surface area contributed by atoms with Gasteiger partial charge in [-0.15, -0.1) is 11.3 Å². The van der Waals surface area contributed by atoms with Gasteiger partial charge in [0, 0.05) is 17.3 Å². The van der Waals surface area contributed by atoms with Gasteiger partial charge in [0.15, 0.2) is 5.78 Å². The second kappa shape index (κ2) is 6.34. The summed E-state index contributed by atoms with van der Waals surface area (Å²) in [6, 6.07) is 10.3. The molecular weight excluding hydrogens is 312 g/mol. The average molecular weight is 328 g/mol. The molecule has 6 heteroatoms. The van der Waals surface area contributed by atoms with E-state index in [1.807, 2.05) is 0 Å². The van der Waals surface area contributed by atoms with Crippen molar-refractivity contribution in [1.29, 1.82) is 0 Å². The monoisotopic (exact) mass is 328 g/mol. The van der Waals surface area contributed by atoms with Crippen molar-refractivity contribution < 1.29 is 14.4 Å². The molecule has 0 unspecified atom stereocenters. The number of rotatable bonds is 5. The predicted molar refractivity (Wildman–Crippen MR) is 89.2 cm³/mol. The van der Waals surface area contributed by atoms with Gasteiger partial charge in [0.25, 0.3) is 11.8 Å². The fourth-order valence-corrected chi connectivity index (χ4v) is 2.84. The Labute approximate surface area is 137 Å². The number of nitrogens with one attached hydrogen (secondary N) is 2. The Hall–Kier alpha value is -2.47. The molecule has 0 aliphatic heterocycles. The normalized spacial score (nSPS) is 13.4. The van der Waals surface area contributed by atoms with Gasteiger partial charge in [-0.2, -0.15) is 0 Å². The first kappa shape index (κ1) is 15.4. The molecule has 23 heavy (non-hydrogen) atoms. The highest BCUT2D eigenvalue weighted by molar-refractivity contribution is 7.16. The van der Waals surface area contributed by atoms with Crippen molar-refractivity contribution in [1.82, 2.24) is 5.32 Å². The smallest absolute Gasteiger partial charge is 0.265 e. The summed E-state index contributed by atoms with van der Waals surface area (Å²) in [5.74, 6) is -0.410. The molecular formula is C17H16N2O3S. The van der Waals surface area contributed by atoms with Crippen LogP contribution in [0.15, 0.2) is 36.4 Å². The van der Waals surface area contributed by atoms with Crippen LogP contribution in [-0.2, 0) is 0 Å². The van der Waals surface area contributed by atoms with Crippen molar-refractivity contribution in [3.05, 3.63) is 51.7 Å². The standard InChI is InChI=1S/C17H16N2O3S/c1-10(20)14-8-9-15(23-14)17(22)19-12-4-2-11(3-5-12)16(21)18-13-6-7-13/h2-5,8-9,13H,6-7H2,1H3,(H,18,21)(H,19,22). The summed E-state index contributed by atoms with van der Waals surface area (Å²) in [6.07, 6.45) is 2.09. The molecule has 1 aromatic carbocycles. The van der Waals surface area contributed by atoms with E-state index < -0.39 is 0 Å². The van der Waals surface area contributed by atoms with E-state index in [0.29, 0.717) is 27.0 Å². The van der Waals surface area contributed by atoms with E-state index in [2.05, 4.69) is 10.6 Å². The number of hydrogen-bond acceptors (Lipinski definition) is 4. The maximum absolute atomic E-state index is 12.1. The molecule has 1 aliphatic carbocycles. The van der Waals surface area contributed by atoms with Crippen LogP contribution < -0.4 is 10.6 Å². The summed E-state index contributed by atoms with van der Waals surface area (Å²) in [6.45, 7) is 1.47. The van der Waals surface area contributed by atoms with Crippen LogP contribution in [0, 0.1) is 0 Å². The van der Waals surface area contributed by atoms with Crippen LogP contribution in [0.1, 0.15) is 49.5 Å². The number of thiophene rings is 1. The maximum atomic E-state index is 12.1. The molecule has 118 valence electrons. The lowest BCUT2D eigenvalue weighted by Crippen LogP contribution is -2.25. The molecule has 0 radical (unpaired) electrons. The first-order chi connectivity index (χ1) is 11.0. The van der Waals surface area contributed by atoms with E-state index in [0.717, 1.165) is 24.2 Å². The van der Waals surface area contributed by atoms with Gasteiger partial charge in [-0.25, -0.2) is 0 Å². The van der Waals surface area contributed by atoms with Crippen LogP contribution in [0.5, 0.6) is 0 Å². The maximum Gasteiger partial charge on any atom is 0.265 e. The lowest BCUT2D eigenvalue weighted by Gasteiger charge is -2.06. The number of ketones is 1. The number of amides is 2. The lowest BCUT2D eigenvalue weighted by atomic mass is 10.2. The largest absolute Gasteiger partial charge is 0.349 e. The molecule has 0 atom stereocenters. The van der Waals surface area contributed by atoms with Crippen molar-refractivity contribution in [3.8, 4) is 0 Å². The molecule has 2 aromatic rings. The van der Waals surface area contributed by atoms with E-state index in [9.17, 15) is 14.4 Å². The molecule has 1 heterocycles. The Balaban J connectivity index is 1.63. The molecule has 1 aliphatic rings. The van der Waals surface area contributed by atoms with Crippen molar-refractivity contribution >= 4 is 34.6 Å². The zero-order valence-electron chi connectivity index (χ0n) is 12.6. The van der Waals surface area contributed by atoms with Gasteiger partial charge in [0.2, 0.25) is 0 Å². The van der Waals surface area contributed by atoms with Crippen LogP contribution >= 0.6 is 11.3 Å². The van der Waals surface area contributed by atoms with Gasteiger partial charge >= 0.3 is 0 Å². The van der Waals surface area contributed by atoms with Crippen molar-refractivity contribution in [3.63, 3.8) is 0 Å². The van der Waals surface area contributed by atoms with Gasteiger partial charge in [-0.1, -0.05) is 0 Å². The molecule has 0 saturated heterocycles. The van der Waals surface area contributed by atoms with Gasteiger partial charge < -0.3 is 10.6 Å². The number of carbonyl (C=O) groups is 3. The first-order valence-corrected chi connectivity index (χ1v) is 8.17. The second-order valence-corrected chi connectivity index (χ2v) is 6.58. The Kier molecular flexibility index (Phi) is 4.25.